The predicted octanol–water partition coefficient (Wildman–Crippen LogP) is 4.88. The van der Waals surface area contributed by atoms with Crippen LogP contribution in [-0.4, -0.2) is 55.6 Å². The van der Waals surface area contributed by atoms with Crippen LogP contribution >= 0.6 is 11.8 Å². The van der Waals surface area contributed by atoms with Crippen molar-refractivity contribution in [3.05, 3.63) is 72.3 Å². The normalized spacial score (nSPS) is 16.2. The fourth-order valence-electron chi connectivity index (χ4n) is 3.85. The summed E-state index contributed by atoms with van der Waals surface area (Å²) in [5.74, 6) is 1.97. The molecule has 0 aliphatic carbocycles. The van der Waals surface area contributed by atoms with E-state index in [0.29, 0.717) is 39.5 Å². The molecule has 1 aliphatic rings. The molecule has 4 rings (SSSR count). The Morgan fingerprint density at radius 2 is 1.66 bits per heavy atom. The van der Waals surface area contributed by atoms with Crippen molar-refractivity contribution in [3.8, 4) is 23.0 Å². The molecule has 0 aromatic heterocycles. The van der Waals surface area contributed by atoms with Crippen molar-refractivity contribution in [2.45, 2.75) is 18.2 Å². The Bertz CT molecular complexity index is 1330. The van der Waals surface area contributed by atoms with Gasteiger partial charge in [0.2, 0.25) is 11.8 Å². The highest BCUT2D eigenvalue weighted by Gasteiger charge is 2.36. The van der Waals surface area contributed by atoms with Crippen molar-refractivity contribution in [2.24, 2.45) is 4.99 Å². The fourth-order valence-corrected chi connectivity index (χ4v) is 4.95. The Labute approximate surface area is 225 Å². The maximum absolute atomic E-state index is 13.4. The number of hydrogen-bond acceptors (Lipinski definition) is 8. The van der Waals surface area contributed by atoms with Gasteiger partial charge in [-0.3, -0.25) is 14.5 Å². The fraction of sp³-hybridized carbons (Fsp3) is 0.250. The van der Waals surface area contributed by atoms with Gasteiger partial charge in [0, 0.05) is 18.2 Å². The Kier molecular flexibility index (Phi) is 8.75. The van der Waals surface area contributed by atoms with Gasteiger partial charge < -0.3 is 24.3 Å². The molecule has 0 bridgehead atoms. The Hall–Kier alpha value is -4.18. The molecule has 198 valence electrons. The van der Waals surface area contributed by atoms with Crippen molar-refractivity contribution in [2.75, 3.05) is 33.8 Å². The lowest BCUT2D eigenvalue weighted by atomic mass is 10.1. The zero-order chi connectivity index (χ0) is 27.1. The van der Waals surface area contributed by atoms with Crippen molar-refractivity contribution in [1.82, 2.24) is 4.90 Å². The quantitative estimate of drug-likeness (QED) is 0.417. The van der Waals surface area contributed by atoms with Crippen LogP contribution in [0.3, 0.4) is 0 Å². The topological polar surface area (TPSA) is 98.7 Å². The summed E-state index contributed by atoms with van der Waals surface area (Å²) in [6, 6.07) is 19.7. The number of ether oxygens (including phenoxy) is 4. The van der Waals surface area contributed by atoms with E-state index in [9.17, 15) is 9.59 Å². The maximum Gasteiger partial charge on any atom is 0.238 e. The van der Waals surface area contributed by atoms with E-state index in [0.717, 1.165) is 5.56 Å². The molecule has 3 aromatic rings. The van der Waals surface area contributed by atoms with Crippen molar-refractivity contribution in [3.63, 3.8) is 0 Å². The minimum absolute atomic E-state index is 0.0232. The van der Waals surface area contributed by atoms with Crippen LogP contribution in [0.15, 0.2) is 71.7 Å². The lowest BCUT2D eigenvalue weighted by Gasteiger charge is -2.32. The van der Waals surface area contributed by atoms with Gasteiger partial charge in [0.25, 0.3) is 0 Å². The first-order valence-corrected chi connectivity index (χ1v) is 12.7. The van der Waals surface area contributed by atoms with Gasteiger partial charge in [0.15, 0.2) is 16.7 Å². The molecular weight excluding hydrogens is 506 g/mol. The molecule has 38 heavy (non-hydrogen) atoms. The zero-order valence-corrected chi connectivity index (χ0v) is 22.4. The van der Waals surface area contributed by atoms with Crippen LogP contribution in [0.25, 0.3) is 0 Å². The van der Waals surface area contributed by atoms with Crippen LogP contribution in [0.1, 0.15) is 12.0 Å². The molecule has 1 fully saturated rings. The zero-order valence-electron chi connectivity index (χ0n) is 21.6. The number of nitrogens with one attached hydrogen (secondary N) is 1. The first kappa shape index (κ1) is 26.9. The standard InChI is InChI=1S/C28H29N3O6S/c1-34-21-11-9-19(10-12-21)30-28-31(17-18-8-13-23(36-3)24(14-18)37-4)26(32)16-25(38-28)27(33)29-20-6-5-7-22(15-20)35-2/h5-15,25H,16-17H2,1-4H3,(H,29,33). The monoisotopic (exact) mass is 535 g/mol. The molecule has 0 spiro atoms. The summed E-state index contributed by atoms with van der Waals surface area (Å²) in [6.07, 6.45) is 0.0232. The second-order valence-electron chi connectivity index (χ2n) is 8.29. The molecule has 1 atom stereocenters. The van der Waals surface area contributed by atoms with Gasteiger partial charge >= 0.3 is 0 Å². The minimum atomic E-state index is -0.660. The van der Waals surface area contributed by atoms with Crippen molar-refractivity contribution < 1.29 is 28.5 Å². The molecule has 10 heteroatoms. The number of nitrogens with zero attached hydrogens (tertiary/aromatic N) is 2. The summed E-state index contributed by atoms with van der Waals surface area (Å²) in [5, 5.41) is 2.65. The number of amides is 2. The number of aliphatic imine (C=N–C) groups is 1. The number of amidine groups is 1. The van der Waals surface area contributed by atoms with Gasteiger partial charge in [-0.25, -0.2) is 4.99 Å². The number of carbonyl (C=O) groups excluding carboxylic acids is 2. The molecule has 1 saturated heterocycles. The van der Waals surface area contributed by atoms with Gasteiger partial charge in [0.1, 0.15) is 16.7 Å². The molecular formula is C28H29N3O6S. The molecule has 2 amide bonds. The third-order valence-electron chi connectivity index (χ3n) is 5.86. The van der Waals surface area contributed by atoms with Gasteiger partial charge in [0.05, 0.1) is 40.7 Å². The molecule has 1 N–H and O–H groups in total. The van der Waals surface area contributed by atoms with Crippen LogP contribution in [-0.2, 0) is 16.1 Å². The Morgan fingerprint density at radius 3 is 2.34 bits per heavy atom. The summed E-state index contributed by atoms with van der Waals surface area (Å²) < 4.78 is 21.2. The van der Waals surface area contributed by atoms with E-state index in [2.05, 4.69) is 5.32 Å². The van der Waals surface area contributed by atoms with Crippen LogP contribution in [0.4, 0.5) is 11.4 Å². The average molecular weight is 536 g/mol. The highest BCUT2D eigenvalue weighted by molar-refractivity contribution is 8.15. The molecule has 1 aliphatic heterocycles. The van der Waals surface area contributed by atoms with Gasteiger partial charge in [-0.2, -0.15) is 0 Å². The van der Waals surface area contributed by atoms with Crippen molar-refractivity contribution >= 4 is 40.1 Å². The predicted molar refractivity (Wildman–Crippen MR) is 148 cm³/mol. The van der Waals surface area contributed by atoms with E-state index in [4.69, 9.17) is 23.9 Å². The van der Waals surface area contributed by atoms with Crippen LogP contribution in [0.2, 0.25) is 0 Å². The van der Waals surface area contributed by atoms with E-state index < -0.39 is 5.25 Å². The van der Waals surface area contributed by atoms with Gasteiger partial charge in [-0.05, 0) is 54.1 Å². The highest BCUT2D eigenvalue weighted by Crippen LogP contribution is 2.33. The molecule has 3 aromatic carbocycles. The van der Waals surface area contributed by atoms with E-state index in [1.54, 1.807) is 87.9 Å². The minimum Gasteiger partial charge on any atom is -0.497 e. The number of benzene rings is 3. The first-order chi connectivity index (χ1) is 18.4. The molecule has 0 radical (unpaired) electrons. The number of hydrogen-bond donors (Lipinski definition) is 1. The van der Waals surface area contributed by atoms with Gasteiger partial charge in [-0.1, -0.05) is 23.9 Å². The second kappa shape index (κ2) is 12.4. The highest BCUT2D eigenvalue weighted by atomic mass is 32.2. The molecule has 0 saturated carbocycles. The van der Waals surface area contributed by atoms with Crippen LogP contribution in [0.5, 0.6) is 23.0 Å². The summed E-state index contributed by atoms with van der Waals surface area (Å²) in [5.41, 5.74) is 2.05. The van der Waals surface area contributed by atoms with E-state index in [1.165, 1.54) is 11.8 Å². The summed E-state index contributed by atoms with van der Waals surface area (Å²) in [7, 11) is 6.28. The number of anilines is 1. The Morgan fingerprint density at radius 1 is 0.921 bits per heavy atom. The SMILES string of the molecule is COc1ccc(N=C2SC(C(=O)Nc3cccc(OC)c3)CC(=O)N2Cc2ccc(OC)c(OC)c2)cc1. The number of rotatable bonds is 9. The third kappa shape index (κ3) is 6.38. The largest absolute Gasteiger partial charge is 0.497 e. The third-order valence-corrected chi connectivity index (χ3v) is 7.04. The van der Waals surface area contributed by atoms with Gasteiger partial charge in [-0.15, -0.1) is 0 Å². The summed E-state index contributed by atoms with van der Waals surface area (Å²) >= 11 is 1.25. The van der Waals surface area contributed by atoms with E-state index in [-0.39, 0.29) is 24.8 Å². The first-order valence-electron chi connectivity index (χ1n) is 11.8. The molecule has 1 unspecified atom stereocenters. The summed E-state index contributed by atoms with van der Waals surface area (Å²) in [4.78, 5) is 32.9. The molecule has 9 nitrogen and oxygen atoms in total. The second-order valence-corrected chi connectivity index (χ2v) is 9.46. The maximum atomic E-state index is 13.4. The molecule has 1 heterocycles. The average Bonchev–Trinajstić information content (AvgIpc) is 2.95. The Balaban J connectivity index is 1.61. The number of thioether (sulfide) groups is 1. The summed E-state index contributed by atoms with van der Waals surface area (Å²) in [6.45, 7) is 0.255. The lowest BCUT2D eigenvalue weighted by Crippen LogP contribution is -2.44. The van der Waals surface area contributed by atoms with E-state index in [1.807, 2.05) is 12.1 Å². The van der Waals surface area contributed by atoms with Crippen LogP contribution in [0, 0.1) is 0 Å². The van der Waals surface area contributed by atoms with Crippen molar-refractivity contribution in [1.29, 1.82) is 0 Å². The number of carbonyl (C=O) groups is 2. The lowest BCUT2D eigenvalue weighted by molar-refractivity contribution is -0.129. The smallest absolute Gasteiger partial charge is 0.238 e. The van der Waals surface area contributed by atoms with Crippen LogP contribution < -0.4 is 24.3 Å². The number of methoxy groups -OCH3 is 4. The van der Waals surface area contributed by atoms with E-state index >= 15 is 0 Å².